The Hall–Kier alpha value is -3.87. The Balaban J connectivity index is 1.85. The molecule has 3 aromatic heterocycles. The van der Waals surface area contributed by atoms with Crippen molar-refractivity contribution in [1.29, 1.82) is 0 Å². The Morgan fingerprint density at radius 3 is 2.52 bits per heavy atom. The molecular weight excluding hydrogens is 366 g/mol. The molecule has 0 unspecified atom stereocenters. The number of H-pyrrole nitrogens is 2. The second kappa shape index (κ2) is 6.34. The zero-order valence-electron chi connectivity index (χ0n) is 16.3. The molecule has 0 aliphatic rings. The van der Waals surface area contributed by atoms with Gasteiger partial charge in [-0.15, -0.1) is 0 Å². The van der Waals surface area contributed by atoms with Gasteiger partial charge >= 0.3 is 5.69 Å². The number of aromatic amines is 2. The average molecular weight is 385 g/mol. The molecule has 29 heavy (non-hydrogen) atoms. The molecule has 5 aromatic rings. The molecule has 0 saturated carbocycles. The number of rotatable bonds is 3. The number of fused-ring (bicyclic) bond motifs is 1. The van der Waals surface area contributed by atoms with Crippen LogP contribution in [0.15, 0.2) is 58.0 Å². The molecule has 2 aromatic carbocycles. The zero-order chi connectivity index (χ0) is 20.1. The van der Waals surface area contributed by atoms with E-state index >= 15 is 0 Å². The fraction of sp³-hybridized carbons (Fsp3) is 0.136. The first kappa shape index (κ1) is 17.2. The number of nitrogens with zero attached hydrogens (tertiary/aromatic N) is 3. The van der Waals surface area contributed by atoms with E-state index in [1.807, 2.05) is 56.0 Å². The van der Waals surface area contributed by atoms with Crippen molar-refractivity contribution >= 4 is 11.0 Å². The highest BCUT2D eigenvalue weighted by Gasteiger charge is 2.20. The summed E-state index contributed by atoms with van der Waals surface area (Å²) < 4.78 is 7.20. The molecule has 0 radical (unpaired) electrons. The van der Waals surface area contributed by atoms with Crippen molar-refractivity contribution in [2.75, 3.05) is 0 Å². The van der Waals surface area contributed by atoms with Gasteiger partial charge in [0.1, 0.15) is 5.76 Å². The minimum atomic E-state index is -0.249. The smallest absolute Gasteiger partial charge is 0.323 e. The van der Waals surface area contributed by atoms with Crippen LogP contribution in [0.5, 0.6) is 0 Å². The van der Waals surface area contributed by atoms with Gasteiger partial charge in [0.05, 0.1) is 28.6 Å². The molecule has 3 heterocycles. The van der Waals surface area contributed by atoms with Crippen LogP contribution in [0.3, 0.4) is 0 Å². The molecule has 0 atom stereocenters. The summed E-state index contributed by atoms with van der Waals surface area (Å²) in [5.41, 5.74) is 7.74. The summed E-state index contributed by atoms with van der Waals surface area (Å²) in [6.45, 7) is 3.80. The highest BCUT2D eigenvalue weighted by atomic mass is 16.5. The van der Waals surface area contributed by atoms with Crippen molar-refractivity contribution in [1.82, 2.24) is 24.9 Å². The highest BCUT2D eigenvalue weighted by Crippen LogP contribution is 2.38. The molecule has 5 rings (SSSR count). The summed E-state index contributed by atoms with van der Waals surface area (Å²) in [4.78, 5) is 17.9. The van der Waals surface area contributed by atoms with E-state index < -0.39 is 0 Å². The maximum absolute atomic E-state index is 12.1. The monoisotopic (exact) mass is 385 g/mol. The second-order valence-corrected chi connectivity index (χ2v) is 7.12. The van der Waals surface area contributed by atoms with Crippen LogP contribution < -0.4 is 5.69 Å². The van der Waals surface area contributed by atoms with Gasteiger partial charge in [-0.25, -0.2) is 4.79 Å². The Morgan fingerprint density at radius 2 is 1.79 bits per heavy atom. The van der Waals surface area contributed by atoms with Gasteiger partial charge < -0.3 is 14.5 Å². The molecule has 0 fully saturated rings. The summed E-state index contributed by atoms with van der Waals surface area (Å²) in [6, 6.07) is 14.1. The molecule has 7 nitrogen and oxygen atoms in total. The van der Waals surface area contributed by atoms with E-state index in [9.17, 15) is 4.79 Å². The predicted molar refractivity (Wildman–Crippen MR) is 112 cm³/mol. The molecular formula is C22H19N5O2. The normalized spacial score (nSPS) is 11.4. The first-order chi connectivity index (χ1) is 14.0. The zero-order valence-corrected chi connectivity index (χ0v) is 16.3. The second-order valence-electron chi connectivity index (χ2n) is 7.12. The van der Waals surface area contributed by atoms with Gasteiger partial charge in [-0.3, -0.25) is 4.68 Å². The lowest BCUT2D eigenvalue weighted by Gasteiger charge is -2.11. The van der Waals surface area contributed by atoms with Gasteiger partial charge in [0.2, 0.25) is 0 Å². The Morgan fingerprint density at radius 1 is 1.00 bits per heavy atom. The van der Waals surface area contributed by atoms with Crippen LogP contribution in [0.2, 0.25) is 0 Å². The number of imidazole rings is 1. The van der Waals surface area contributed by atoms with E-state index in [0.29, 0.717) is 0 Å². The molecule has 0 amide bonds. The van der Waals surface area contributed by atoms with Crippen LogP contribution >= 0.6 is 0 Å². The maximum Gasteiger partial charge on any atom is 0.323 e. The Bertz CT molecular complexity index is 1380. The third-order valence-corrected chi connectivity index (χ3v) is 5.23. The molecule has 7 heteroatoms. The van der Waals surface area contributed by atoms with Crippen molar-refractivity contribution in [3.05, 3.63) is 70.6 Å². The van der Waals surface area contributed by atoms with E-state index in [-0.39, 0.29) is 5.69 Å². The standard InChI is InChI=1S/C22H19N5O2/c1-12-19(13(2)29-26-12)15-9-16(20-18(10-15)24-22(28)25-20)21-17(11-23-27(21)3)14-7-5-4-6-8-14/h4-11H,1-3H3,(H2,24,25,28). The quantitative estimate of drug-likeness (QED) is 0.487. The summed E-state index contributed by atoms with van der Waals surface area (Å²) in [7, 11) is 1.90. The van der Waals surface area contributed by atoms with E-state index in [1.165, 1.54) is 0 Å². The minimum Gasteiger partial charge on any atom is -0.361 e. The van der Waals surface area contributed by atoms with E-state index in [1.54, 1.807) is 0 Å². The first-order valence-electron chi connectivity index (χ1n) is 9.30. The van der Waals surface area contributed by atoms with Crippen molar-refractivity contribution in [2.45, 2.75) is 13.8 Å². The summed E-state index contributed by atoms with van der Waals surface area (Å²) in [5, 5.41) is 8.57. The largest absolute Gasteiger partial charge is 0.361 e. The minimum absolute atomic E-state index is 0.249. The van der Waals surface area contributed by atoms with Crippen LogP contribution in [0.4, 0.5) is 0 Å². The SMILES string of the molecule is Cc1noc(C)c1-c1cc(-c2c(-c3ccccc3)cnn2C)c2[nH]c(=O)[nH]c2c1. The van der Waals surface area contributed by atoms with Crippen molar-refractivity contribution in [3.63, 3.8) is 0 Å². The van der Waals surface area contributed by atoms with Crippen LogP contribution in [-0.2, 0) is 7.05 Å². The van der Waals surface area contributed by atoms with Gasteiger partial charge in [-0.1, -0.05) is 35.5 Å². The molecule has 144 valence electrons. The van der Waals surface area contributed by atoms with Crippen molar-refractivity contribution < 1.29 is 4.52 Å². The lowest BCUT2D eigenvalue weighted by atomic mass is 9.96. The fourth-order valence-electron chi connectivity index (χ4n) is 3.95. The number of hydrogen-bond acceptors (Lipinski definition) is 4. The average Bonchev–Trinajstić information content (AvgIpc) is 3.38. The van der Waals surface area contributed by atoms with Gasteiger partial charge in [0.25, 0.3) is 0 Å². The predicted octanol–water partition coefficient (Wildman–Crippen LogP) is 4.20. The van der Waals surface area contributed by atoms with Gasteiger partial charge in [0.15, 0.2) is 0 Å². The fourth-order valence-corrected chi connectivity index (χ4v) is 3.95. The van der Waals surface area contributed by atoms with Crippen molar-refractivity contribution in [3.8, 4) is 33.5 Å². The molecule has 0 aliphatic heterocycles. The van der Waals surface area contributed by atoms with Crippen LogP contribution in [0.25, 0.3) is 44.5 Å². The van der Waals surface area contributed by atoms with Crippen LogP contribution in [0.1, 0.15) is 11.5 Å². The van der Waals surface area contributed by atoms with E-state index in [0.717, 1.165) is 56.0 Å². The van der Waals surface area contributed by atoms with Gasteiger partial charge in [-0.05, 0) is 37.1 Å². The number of aryl methyl sites for hydroxylation is 3. The Kier molecular flexibility index (Phi) is 3.77. The Labute approximate surface area is 166 Å². The first-order valence-corrected chi connectivity index (χ1v) is 9.30. The molecule has 2 N–H and O–H groups in total. The highest BCUT2D eigenvalue weighted by molar-refractivity contribution is 5.98. The third kappa shape index (κ3) is 2.70. The van der Waals surface area contributed by atoms with Crippen LogP contribution in [0, 0.1) is 13.8 Å². The molecule has 0 bridgehead atoms. The number of aromatic nitrogens is 5. The lowest BCUT2D eigenvalue weighted by Crippen LogP contribution is -2.00. The van der Waals surface area contributed by atoms with E-state index in [4.69, 9.17) is 4.52 Å². The number of hydrogen-bond donors (Lipinski definition) is 2. The van der Waals surface area contributed by atoms with Crippen LogP contribution in [-0.4, -0.2) is 24.9 Å². The van der Waals surface area contributed by atoms with E-state index in [2.05, 4.69) is 38.4 Å². The molecule has 0 spiro atoms. The van der Waals surface area contributed by atoms with Gasteiger partial charge in [0, 0.05) is 23.7 Å². The topological polar surface area (TPSA) is 92.5 Å². The number of benzene rings is 2. The van der Waals surface area contributed by atoms with Crippen molar-refractivity contribution in [2.24, 2.45) is 7.05 Å². The third-order valence-electron chi connectivity index (χ3n) is 5.23. The summed E-state index contributed by atoms with van der Waals surface area (Å²) in [6.07, 6.45) is 1.85. The number of nitrogens with one attached hydrogen (secondary N) is 2. The summed E-state index contributed by atoms with van der Waals surface area (Å²) >= 11 is 0. The molecule has 0 saturated heterocycles. The van der Waals surface area contributed by atoms with Gasteiger partial charge in [-0.2, -0.15) is 5.10 Å². The molecule has 0 aliphatic carbocycles. The summed E-state index contributed by atoms with van der Waals surface area (Å²) in [5.74, 6) is 0.735. The lowest BCUT2D eigenvalue weighted by molar-refractivity contribution is 0.393. The maximum atomic E-state index is 12.1.